The maximum atomic E-state index is 11.1. The first-order chi connectivity index (χ1) is 12.5. The Morgan fingerprint density at radius 3 is 2.27 bits per heavy atom. The van der Waals surface area contributed by atoms with Crippen LogP contribution in [0.15, 0.2) is 78.6 Å². The highest BCUT2D eigenvalue weighted by Crippen LogP contribution is 2.37. The van der Waals surface area contributed by atoms with E-state index in [-0.39, 0.29) is 0 Å². The Kier molecular flexibility index (Phi) is 4.17. The fourth-order valence-electron chi connectivity index (χ4n) is 3.11. The number of fused-ring (bicyclic) bond motifs is 2. The van der Waals surface area contributed by atoms with Gasteiger partial charge in [-0.25, -0.2) is 4.98 Å². The number of pyridine rings is 1. The van der Waals surface area contributed by atoms with Gasteiger partial charge in [0.25, 0.3) is 0 Å². The molecule has 2 N–H and O–H groups in total. The summed E-state index contributed by atoms with van der Waals surface area (Å²) in [6.45, 7) is 0. The van der Waals surface area contributed by atoms with Gasteiger partial charge >= 0.3 is 7.60 Å². The van der Waals surface area contributed by atoms with Crippen LogP contribution in [-0.2, 0) is 4.57 Å². The van der Waals surface area contributed by atoms with E-state index in [2.05, 4.69) is 29.2 Å². The molecule has 1 heterocycles. The van der Waals surface area contributed by atoms with Gasteiger partial charge in [0.1, 0.15) is 0 Å². The lowest BCUT2D eigenvalue weighted by atomic mass is 9.96. The van der Waals surface area contributed by atoms with Gasteiger partial charge in [0.2, 0.25) is 0 Å². The van der Waals surface area contributed by atoms with Crippen molar-refractivity contribution in [2.45, 2.75) is 0 Å². The van der Waals surface area contributed by atoms with Gasteiger partial charge in [0, 0.05) is 16.8 Å². The minimum Gasteiger partial charge on any atom is -0.321 e. The Morgan fingerprint density at radius 1 is 0.769 bits per heavy atom. The van der Waals surface area contributed by atoms with Crippen molar-refractivity contribution >= 4 is 35.3 Å². The summed E-state index contributed by atoms with van der Waals surface area (Å²) in [4.78, 5) is 22.7. The monoisotopic (exact) mass is 361 g/mol. The minimum absolute atomic E-state index is 0.508. The van der Waals surface area contributed by atoms with E-state index in [4.69, 9.17) is 9.79 Å². The molecule has 4 nitrogen and oxygen atoms in total. The number of rotatable bonds is 3. The molecule has 0 amide bonds. The number of nitrogens with zero attached hydrogens (tertiary/aromatic N) is 1. The summed E-state index contributed by atoms with van der Waals surface area (Å²) in [5.74, 6) is 0.877. The highest BCUT2D eigenvalue weighted by Gasteiger charge is 2.10. The number of aromatic nitrogens is 1. The minimum atomic E-state index is -4.21. The maximum absolute atomic E-state index is 11.1. The molecule has 4 aromatic rings. The van der Waals surface area contributed by atoms with Crippen LogP contribution in [0.4, 0.5) is 0 Å². The van der Waals surface area contributed by atoms with Gasteiger partial charge in [-0.2, -0.15) is 0 Å². The highest BCUT2D eigenvalue weighted by atomic mass is 31.2. The molecule has 0 aliphatic rings. The molecular weight excluding hydrogens is 345 g/mol. The SMILES string of the molecule is O=P(O)(O)C=Cc1ccc2cccc(-c3cccc4ccccc34)c2n1. The van der Waals surface area contributed by atoms with E-state index in [1.165, 1.54) is 6.08 Å². The second-order valence-electron chi connectivity index (χ2n) is 6.04. The normalized spacial score (nSPS) is 12.2. The average Bonchev–Trinajstić information content (AvgIpc) is 2.65. The first-order valence-corrected chi connectivity index (χ1v) is 9.82. The summed E-state index contributed by atoms with van der Waals surface area (Å²) in [6.07, 6.45) is 1.36. The predicted molar refractivity (Wildman–Crippen MR) is 106 cm³/mol. The number of hydrogen-bond acceptors (Lipinski definition) is 2. The zero-order chi connectivity index (χ0) is 18.1. The largest absolute Gasteiger partial charge is 0.349 e. The van der Waals surface area contributed by atoms with E-state index >= 15 is 0 Å². The van der Waals surface area contributed by atoms with E-state index < -0.39 is 7.60 Å². The van der Waals surface area contributed by atoms with E-state index in [9.17, 15) is 4.57 Å². The first kappa shape index (κ1) is 16.7. The molecule has 0 aliphatic carbocycles. The molecule has 26 heavy (non-hydrogen) atoms. The van der Waals surface area contributed by atoms with E-state index in [0.717, 1.165) is 38.6 Å². The maximum Gasteiger partial charge on any atom is 0.349 e. The summed E-state index contributed by atoms with van der Waals surface area (Å²) in [6, 6.07) is 24.0. The second kappa shape index (κ2) is 6.50. The van der Waals surface area contributed by atoms with Gasteiger partial charge in [0.15, 0.2) is 0 Å². The standard InChI is InChI=1S/C21H16NO3P/c23-26(24,25)14-13-17-12-11-16-7-4-10-20(21(16)22-17)19-9-3-6-15-5-1-2-8-18(15)19/h1-14H,(H2,23,24,25). The van der Waals surface area contributed by atoms with Crippen molar-refractivity contribution in [1.29, 1.82) is 0 Å². The molecule has 0 saturated heterocycles. The van der Waals surface area contributed by atoms with Crippen molar-refractivity contribution in [3.8, 4) is 11.1 Å². The summed E-state index contributed by atoms with van der Waals surface area (Å²) >= 11 is 0. The Hall–Kier alpha value is -2.78. The molecule has 0 unspecified atom stereocenters. The van der Waals surface area contributed by atoms with Crippen LogP contribution in [0.5, 0.6) is 0 Å². The zero-order valence-electron chi connectivity index (χ0n) is 13.8. The molecule has 1 aromatic heterocycles. The fourth-order valence-corrected chi connectivity index (χ4v) is 3.45. The molecular formula is C21H16NO3P. The van der Waals surface area contributed by atoms with E-state index in [0.29, 0.717) is 5.69 Å². The van der Waals surface area contributed by atoms with Gasteiger partial charge < -0.3 is 9.79 Å². The van der Waals surface area contributed by atoms with Crippen LogP contribution in [0, 0.1) is 0 Å². The zero-order valence-corrected chi connectivity index (χ0v) is 14.7. The molecule has 0 radical (unpaired) electrons. The van der Waals surface area contributed by atoms with Crippen molar-refractivity contribution in [2.24, 2.45) is 0 Å². The smallest absolute Gasteiger partial charge is 0.321 e. The van der Waals surface area contributed by atoms with Crippen LogP contribution < -0.4 is 0 Å². The van der Waals surface area contributed by atoms with Crippen LogP contribution in [0.2, 0.25) is 0 Å². The molecule has 3 aromatic carbocycles. The summed E-state index contributed by atoms with van der Waals surface area (Å²) < 4.78 is 11.1. The van der Waals surface area contributed by atoms with Crippen molar-refractivity contribution in [1.82, 2.24) is 4.98 Å². The van der Waals surface area contributed by atoms with Crippen LogP contribution in [0.3, 0.4) is 0 Å². The average molecular weight is 361 g/mol. The Morgan fingerprint density at radius 2 is 1.46 bits per heavy atom. The van der Waals surface area contributed by atoms with Gasteiger partial charge in [-0.3, -0.25) is 4.57 Å². The van der Waals surface area contributed by atoms with Gasteiger partial charge in [-0.05, 0) is 28.5 Å². The van der Waals surface area contributed by atoms with Crippen LogP contribution in [-0.4, -0.2) is 14.8 Å². The second-order valence-corrected chi connectivity index (χ2v) is 7.52. The molecule has 5 heteroatoms. The van der Waals surface area contributed by atoms with Gasteiger partial charge in [0.05, 0.1) is 11.2 Å². The number of benzene rings is 3. The van der Waals surface area contributed by atoms with Crippen molar-refractivity contribution in [3.05, 3.63) is 84.3 Å². The lowest BCUT2D eigenvalue weighted by Crippen LogP contribution is -1.89. The summed E-state index contributed by atoms with van der Waals surface area (Å²) in [5.41, 5.74) is 3.38. The molecule has 0 bridgehead atoms. The van der Waals surface area contributed by atoms with Crippen LogP contribution in [0.1, 0.15) is 5.69 Å². The van der Waals surface area contributed by atoms with Gasteiger partial charge in [-0.15, -0.1) is 0 Å². The number of para-hydroxylation sites is 1. The molecule has 0 saturated carbocycles. The number of hydrogen-bond donors (Lipinski definition) is 2. The highest BCUT2D eigenvalue weighted by molar-refractivity contribution is 7.55. The molecule has 4 rings (SSSR count). The molecule has 128 valence electrons. The molecule has 0 fully saturated rings. The van der Waals surface area contributed by atoms with E-state index in [1.807, 2.05) is 42.5 Å². The van der Waals surface area contributed by atoms with Crippen LogP contribution in [0.25, 0.3) is 38.9 Å². The Bertz CT molecular complexity index is 1190. The van der Waals surface area contributed by atoms with E-state index in [1.54, 1.807) is 6.07 Å². The first-order valence-electron chi connectivity index (χ1n) is 8.14. The third-order valence-corrected chi connectivity index (χ3v) is 4.80. The molecule has 0 spiro atoms. The van der Waals surface area contributed by atoms with Crippen molar-refractivity contribution < 1.29 is 14.4 Å². The third-order valence-electron chi connectivity index (χ3n) is 4.26. The lowest BCUT2D eigenvalue weighted by molar-refractivity contribution is 0.386. The predicted octanol–water partition coefficient (Wildman–Crippen LogP) is 5.20. The third kappa shape index (κ3) is 3.31. The summed E-state index contributed by atoms with van der Waals surface area (Å²) in [5, 5.41) is 3.27. The molecule has 0 aliphatic heterocycles. The Balaban J connectivity index is 1.95. The quantitative estimate of drug-likeness (QED) is 0.492. The van der Waals surface area contributed by atoms with Gasteiger partial charge in [-0.1, -0.05) is 66.7 Å². The Labute approximate surface area is 150 Å². The topological polar surface area (TPSA) is 70.4 Å². The lowest BCUT2D eigenvalue weighted by Gasteiger charge is -2.10. The van der Waals surface area contributed by atoms with Crippen LogP contribution >= 0.6 is 7.60 Å². The summed E-state index contributed by atoms with van der Waals surface area (Å²) in [7, 11) is -4.21. The fraction of sp³-hybridized carbons (Fsp3) is 0. The van der Waals surface area contributed by atoms with Crippen molar-refractivity contribution in [2.75, 3.05) is 0 Å². The molecule has 0 atom stereocenters. The van der Waals surface area contributed by atoms with Crippen molar-refractivity contribution in [3.63, 3.8) is 0 Å².